The molecule has 0 unspecified atom stereocenters. The lowest BCUT2D eigenvalue weighted by atomic mass is 10.1. The van der Waals surface area contributed by atoms with Crippen LogP contribution in [0.2, 0.25) is 0 Å². The van der Waals surface area contributed by atoms with Gasteiger partial charge in [0.05, 0.1) is 0 Å². The van der Waals surface area contributed by atoms with E-state index in [0.717, 1.165) is 32.4 Å². The van der Waals surface area contributed by atoms with Gasteiger partial charge < -0.3 is 10.2 Å². The van der Waals surface area contributed by atoms with Crippen molar-refractivity contribution in [2.24, 2.45) is 0 Å². The first-order valence-electron chi connectivity index (χ1n) is 6.41. The Morgan fingerprint density at radius 3 is 2.88 bits per heavy atom. The first kappa shape index (κ1) is 10.8. The van der Waals surface area contributed by atoms with Crippen molar-refractivity contribution < 1.29 is 4.79 Å². The van der Waals surface area contributed by atoms with E-state index in [1.165, 1.54) is 5.56 Å². The molecule has 0 aromatic heterocycles. The van der Waals surface area contributed by atoms with E-state index < -0.39 is 0 Å². The Hall–Kier alpha value is -1.35. The largest absolute Gasteiger partial charge is 0.338 e. The molecule has 3 rings (SSSR count). The highest BCUT2D eigenvalue weighted by Gasteiger charge is 2.40. The van der Waals surface area contributed by atoms with Crippen LogP contribution < -0.4 is 5.32 Å². The monoisotopic (exact) mass is 230 g/mol. The van der Waals surface area contributed by atoms with Crippen molar-refractivity contribution in [3.63, 3.8) is 0 Å². The number of nitrogens with one attached hydrogen (secondary N) is 1. The van der Waals surface area contributed by atoms with Gasteiger partial charge in [-0.2, -0.15) is 0 Å². The number of hydrogen-bond acceptors (Lipinski definition) is 2. The number of amides is 1. The number of fused-ring (bicyclic) bond motifs is 1. The van der Waals surface area contributed by atoms with Crippen molar-refractivity contribution in [3.8, 4) is 0 Å². The van der Waals surface area contributed by atoms with Crippen LogP contribution in [-0.4, -0.2) is 29.4 Å². The van der Waals surface area contributed by atoms with E-state index in [9.17, 15) is 4.79 Å². The zero-order valence-corrected chi connectivity index (χ0v) is 9.93. The fourth-order valence-electron chi connectivity index (χ4n) is 3.02. The van der Waals surface area contributed by atoms with Crippen molar-refractivity contribution in [2.75, 3.05) is 6.54 Å². The molecule has 3 nitrogen and oxygen atoms in total. The minimum absolute atomic E-state index is 0.346. The fourth-order valence-corrected chi connectivity index (χ4v) is 3.02. The smallest absolute Gasteiger partial charge is 0.222 e. The molecule has 1 aromatic carbocycles. The predicted octanol–water partition coefficient (Wildman–Crippen LogP) is 1.54. The number of nitrogens with zero attached hydrogens (tertiary/aromatic N) is 1. The molecule has 0 saturated carbocycles. The molecule has 0 radical (unpaired) electrons. The van der Waals surface area contributed by atoms with Gasteiger partial charge in [0, 0.05) is 31.6 Å². The minimum atomic E-state index is 0.346. The van der Waals surface area contributed by atoms with Crippen LogP contribution >= 0.6 is 0 Å². The van der Waals surface area contributed by atoms with Crippen molar-refractivity contribution >= 4 is 5.91 Å². The summed E-state index contributed by atoms with van der Waals surface area (Å²) >= 11 is 0. The average Bonchev–Trinajstić information content (AvgIpc) is 2.92. The van der Waals surface area contributed by atoms with Gasteiger partial charge in [-0.05, 0) is 18.4 Å². The lowest BCUT2D eigenvalue weighted by molar-refractivity contribution is -0.127. The van der Waals surface area contributed by atoms with Crippen LogP contribution in [-0.2, 0) is 11.3 Å². The number of benzene rings is 1. The zero-order chi connectivity index (χ0) is 11.7. The lowest BCUT2D eigenvalue weighted by Gasteiger charge is -2.21. The van der Waals surface area contributed by atoms with E-state index in [4.69, 9.17) is 0 Å². The molecule has 2 saturated heterocycles. The van der Waals surface area contributed by atoms with E-state index >= 15 is 0 Å². The Morgan fingerprint density at radius 1 is 1.24 bits per heavy atom. The van der Waals surface area contributed by atoms with Gasteiger partial charge in [-0.1, -0.05) is 30.3 Å². The summed E-state index contributed by atoms with van der Waals surface area (Å²) in [5.74, 6) is 0.346. The molecular formula is C14H18N2O. The summed E-state index contributed by atoms with van der Waals surface area (Å²) in [6, 6.07) is 11.4. The van der Waals surface area contributed by atoms with E-state index in [2.05, 4.69) is 34.5 Å². The summed E-state index contributed by atoms with van der Waals surface area (Å²) in [7, 11) is 0. The number of hydrogen-bond donors (Lipinski definition) is 1. The van der Waals surface area contributed by atoms with Gasteiger partial charge in [-0.3, -0.25) is 4.79 Å². The first-order chi connectivity index (χ1) is 8.34. The molecule has 0 spiro atoms. The zero-order valence-electron chi connectivity index (χ0n) is 9.93. The van der Waals surface area contributed by atoms with Crippen LogP contribution in [0.1, 0.15) is 24.8 Å². The minimum Gasteiger partial charge on any atom is -0.338 e. The molecule has 1 aromatic rings. The fraction of sp³-hybridized carbons (Fsp3) is 0.500. The maximum Gasteiger partial charge on any atom is 0.222 e. The molecule has 17 heavy (non-hydrogen) atoms. The van der Waals surface area contributed by atoms with Crippen LogP contribution in [0.25, 0.3) is 0 Å². The molecular weight excluding hydrogens is 212 g/mol. The second kappa shape index (κ2) is 4.49. The predicted molar refractivity (Wildman–Crippen MR) is 66.4 cm³/mol. The molecule has 2 aliphatic rings. The maximum atomic E-state index is 11.6. The van der Waals surface area contributed by atoms with E-state index in [0.29, 0.717) is 18.0 Å². The number of rotatable bonds is 3. The summed E-state index contributed by atoms with van der Waals surface area (Å²) in [5.41, 5.74) is 1.32. The molecule has 1 amide bonds. The molecule has 2 fully saturated rings. The van der Waals surface area contributed by atoms with Crippen molar-refractivity contribution in [3.05, 3.63) is 35.9 Å². The van der Waals surface area contributed by atoms with Gasteiger partial charge in [-0.25, -0.2) is 0 Å². The normalized spacial score (nSPS) is 27.5. The Labute approximate surface area is 102 Å². The molecule has 1 N–H and O–H groups in total. The SMILES string of the molecule is O=C1CC[C@@H]2[C@@H](NCc3ccccc3)CCN12. The Morgan fingerprint density at radius 2 is 2.06 bits per heavy atom. The highest BCUT2D eigenvalue weighted by Crippen LogP contribution is 2.29. The standard InChI is InChI=1S/C14H18N2O/c17-14-7-6-13-12(8-9-16(13)14)15-10-11-4-2-1-3-5-11/h1-5,12-13,15H,6-10H2/t12-,13+/m0/s1. The third-order valence-corrected chi connectivity index (χ3v) is 3.93. The van der Waals surface area contributed by atoms with Crippen LogP contribution in [0, 0.1) is 0 Å². The summed E-state index contributed by atoms with van der Waals surface area (Å²) in [6.07, 6.45) is 2.88. The van der Waals surface area contributed by atoms with Crippen LogP contribution in [0.3, 0.4) is 0 Å². The molecule has 0 aliphatic carbocycles. The summed E-state index contributed by atoms with van der Waals surface area (Å²) in [6.45, 7) is 1.85. The van der Waals surface area contributed by atoms with Crippen molar-refractivity contribution in [1.82, 2.24) is 10.2 Å². The van der Waals surface area contributed by atoms with Gasteiger partial charge in [0.15, 0.2) is 0 Å². The Balaban J connectivity index is 1.58. The summed E-state index contributed by atoms with van der Waals surface area (Å²) in [5, 5.41) is 3.60. The Kier molecular flexibility index (Phi) is 2.85. The average molecular weight is 230 g/mol. The van der Waals surface area contributed by atoms with Crippen LogP contribution in [0.15, 0.2) is 30.3 Å². The number of carbonyl (C=O) groups is 1. The maximum absolute atomic E-state index is 11.6. The number of carbonyl (C=O) groups excluding carboxylic acids is 1. The quantitative estimate of drug-likeness (QED) is 0.854. The van der Waals surface area contributed by atoms with Crippen LogP contribution in [0.5, 0.6) is 0 Å². The van der Waals surface area contributed by atoms with Gasteiger partial charge >= 0.3 is 0 Å². The van der Waals surface area contributed by atoms with Crippen molar-refractivity contribution in [1.29, 1.82) is 0 Å². The van der Waals surface area contributed by atoms with Gasteiger partial charge in [0.25, 0.3) is 0 Å². The van der Waals surface area contributed by atoms with E-state index in [-0.39, 0.29) is 0 Å². The van der Waals surface area contributed by atoms with E-state index in [1.54, 1.807) is 0 Å². The first-order valence-corrected chi connectivity index (χ1v) is 6.41. The third kappa shape index (κ3) is 2.07. The molecule has 0 bridgehead atoms. The Bertz CT molecular complexity index is 404. The summed E-state index contributed by atoms with van der Waals surface area (Å²) < 4.78 is 0. The topological polar surface area (TPSA) is 32.3 Å². The highest BCUT2D eigenvalue weighted by atomic mass is 16.2. The second-order valence-electron chi connectivity index (χ2n) is 4.95. The van der Waals surface area contributed by atoms with Crippen LogP contribution in [0.4, 0.5) is 0 Å². The summed E-state index contributed by atoms with van der Waals surface area (Å²) in [4.78, 5) is 13.6. The molecule has 90 valence electrons. The molecule has 3 heteroatoms. The highest BCUT2D eigenvalue weighted by molar-refractivity contribution is 5.79. The second-order valence-corrected chi connectivity index (χ2v) is 4.95. The molecule has 2 heterocycles. The van der Waals surface area contributed by atoms with Gasteiger partial charge in [0.2, 0.25) is 5.91 Å². The van der Waals surface area contributed by atoms with Gasteiger partial charge in [0.1, 0.15) is 0 Å². The lowest BCUT2D eigenvalue weighted by Crippen LogP contribution is -2.39. The van der Waals surface area contributed by atoms with Crippen molar-refractivity contribution in [2.45, 2.75) is 37.9 Å². The molecule has 2 aliphatic heterocycles. The van der Waals surface area contributed by atoms with Gasteiger partial charge in [-0.15, -0.1) is 0 Å². The third-order valence-electron chi connectivity index (χ3n) is 3.93. The molecule has 2 atom stereocenters. The van der Waals surface area contributed by atoms with E-state index in [1.807, 2.05) is 6.07 Å².